The molecule has 19 heavy (non-hydrogen) atoms. The monoisotopic (exact) mass is 264 g/mol. The van der Waals surface area contributed by atoms with Crippen molar-refractivity contribution in [1.82, 2.24) is 5.43 Å². The number of nitrogens with one attached hydrogen (secondary N) is 1. The van der Waals surface area contributed by atoms with Crippen LogP contribution in [-0.2, 0) is 4.79 Å². The number of hydrogen-bond donors (Lipinski definition) is 2. The second-order valence-corrected chi connectivity index (χ2v) is 4.22. The third-order valence-electron chi connectivity index (χ3n) is 2.70. The predicted octanol–water partition coefficient (Wildman–Crippen LogP) is 2.43. The maximum Gasteiger partial charge on any atom is 0.240 e. The highest BCUT2D eigenvalue weighted by Gasteiger charge is 2.05. The molecule has 0 aromatic heterocycles. The lowest BCUT2D eigenvalue weighted by atomic mass is 10.1. The van der Waals surface area contributed by atoms with Crippen LogP contribution in [-0.4, -0.2) is 23.8 Å². The number of phenolic OH excluding ortho intramolecular Hbond substituents is 1. The van der Waals surface area contributed by atoms with Crippen LogP contribution < -0.4 is 10.2 Å². The van der Waals surface area contributed by atoms with Crippen LogP contribution in [0.15, 0.2) is 23.3 Å². The molecule has 5 heteroatoms. The zero-order valence-electron chi connectivity index (χ0n) is 11.6. The molecule has 0 radical (unpaired) electrons. The summed E-state index contributed by atoms with van der Waals surface area (Å²) in [4.78, 5) is 11.4. The Morgan fingerprint density at radius 2 is 2.21 bits per heavy atom. The molecule has 0 atom stereocenters. The molecule has 1 rings (SSSR count). The Kier molecular flexibility index (Phi) is 5.85. The lowest BCUT2D eigenvalue weighted by molar-refractivity contribution is -0.121. The number of methoxy groups -OCH3 is 1. The number of hydrazone groups is 1. The minimum atomic E-state index is -0.0908. The Hall–Kier alpha value is -2.04. The number of ether oxygens (including phenoxy) is 1. The number of hydrogen-bond acceptors (Lipinski definition) is 4. The van der Waals surface area contributed by atoms with Crippen LogP contribution in [0.1, 0.15) is 38.7 Å². The number of amides is 1. The molecule has 0 fully saturated rings. The highest BCUT2D eigenvalue weighted by atomic mass is 16.5. The number of carbonyl (C=O) groups is 1. The SMILES string of the molecule is CCCCC(=O)N/N=C(\C)c1ccc(O)c(OC)c1. The highest BCUT2D eigenvalue weighted by molar-refractivity contribution is 5.99. The van der Waals surface area contributed by atoms with Gasteiger partial charge in [0.25, 0.3) is 0 Å². The van der Waals surface area contributed by atoms with Crippen molar-refractivity contribution in [2.75, 3.05) is 7.11 Å². The molecule has 0 saturated heterocycles. The second kappa shape index (κ2) is 7.41. The maximum atomic E-state index is 11.4. The number of benzene rings is 1. The van der Waals surface area contributed by atoms with E-state index in [1.807, 2.05) is 6.92 Å². The summed E-state index contributed by atoms with van der Waals surface area (Å²) in [5.74, 6) is 0.363. The quantitative estimate of drug-likeness (QED) is 0.612. The number of aromatic hydroxyl groups is 1. The van der Waals surface area contributed by atoms with Crippen LogP contribution >= 0.6 is 0 Å². The van der Waals surface area contributed by atoms with Crippen LogP contribution in [0.5, 0.6) is 11.5 Å². The van der Waals surface area contributed by atoms with Crippen molar-refractivity contribution in [3.8, 4) is 11.5 Å². The molecule has 1 amide bonds. The molecule has 0 aliphatic heterocycles. The topological polar surface area (TPSA) is 70.9 Å². The van der Waals surface area contributed by atoms with Gasteiger partial charge >= 0.3 is 0 Å². The smallest absolute Gasteiger partial charge is 0.240 e. The molecule has 0 bridgehead atoms. The van der Waals surface area contributed by atoms with Crippen molar-refractivity contribution in [2.45, 2.75) is 33.1 Å². The van der Waals surface area contributed by atoms with Crippen molar-refractivity contribution in [2.24, 2.45) is 5.10 Å². The van der Waals surface area contributed by atoms with Crippen LogP contribution in [0.4, 0.5) is 0 Å². The molecule has 104 valence electrons. The normalized spacial score (nSPS) is 11.2. The second-order valence-electron chi connectivity index (χ2n) is 4.22. The van der Waals surface area contributed by atoms with Gasteiger partial charge in [0.05, 0.1) is 12.8 Å². The molecule has 0 saturated carbocycles. The number of rotatable bonds is 6. The third kappa shape index (κ3) is 4.62. The summed E-state index contributed by atoms with van der Waals surface area (Å²) in [7, 11) is 1.48. The summed E-state index contributed by atoms with van der Waals surface area (Å²) >= 11 is 0. The molecule has 1 aromatic rings. The lowest BCUT2D eigenvalue weighted by Crippen LogP contribution is -2.18. The fourth-order valence-corrected chi connectivity index (χ4v) is 1.51. The van der Waals surface area contributed by atoms with E-state index in [0.29, 0.717) is 17.9 Å². The first-order valence-corrected chi connectivity index (χ1v) is 6.29. The van der Waals surface area contributed by atoms with Gasteiger partial charge in [-0.2, -0.15) is 5.10 Å². The van der Waals surface area contributed by atoms with E-state index >= 15 is 0 Å². The van der Waals surface area contributed by atoms with Crippen molar-refractivity contribution in [3.63, 3.8) is 0 Å². The molecule has 0 heterocycles. The van der Waals surface area contributed by atoms with Gasteiger partial charge in [0.1, 0.15) is 0 Å². The van der Waals surface area contributed by atoms with Crippen molar-refractivity contribution >= 4 is 11.6 Å². The summed E-state index contributed by atoms with van der Waals surface area (Å²) < 4.78 is 5.02. The summed E-state index contributed by atoms with van der Waals surface area (Å²) in [6, 6.07) is 4.92. The summed E-state index contributed by atoms with van der Waals surface area (Å²) in [6.07, 6.45) is 2.31. The number of nitrogens with zero attached hydrogens (tertiary/aromatic N) is 1. The van der Waals surface area contributed by atoms with Crippen molar-refractivity contribution in [3.05, 3.63) is 23.8 Å². The van der Waals surface area contributed by atoms with E-state index < -0.39 is 0 Å². The van der Waals surface area contributed by atoms with Gasteiger partial charge in [0, 0.05) is 12.0 Å². The predicted molar refractivity (Wildman–Crippen MR) is 74.5 cm³/mol. The van der Waals surface area contributed by atoms with E-state index in [-0.39, 0.29) is 11.7 Å². The van der Waals surface area contributed by atoms with Gasteiger partial charge < -0.3 is 9.84 Å². The molecule has 0 aliphatic rings. The van der Waals surface area contributed by atoms with E-state index in [2.05, 4.69) is 10.5 Å². The average molecular weight is 264 g/mol. The molecule has 0 aliphatic carbocycles. The molecular formula is C14H20N2O3. The zero-order chi connectivity index (χ0) is 14.3. The first-order chi connectivity index (χ1) is 9.08. The Morgan fingerprint density at radius 1 is 1.47 bits per heavy atom. The van der Waals surface area contributed by atoms with E-state index in [4.69, 9.17) is 4.74 Å². The van der Waals surface area contributed by atoms with Gasteiger partial charge in [0.15, 0.2) is 11.5 Å². The van der Waals surface area contributed by atoms with Gasteiger partial charge in [0.2, 0.25) is 5.91 Å². The van der Waals surface area contributed by atoms with E-state index in [1.165, 1.54) is 13.2 Å². The molecule has 2 N–H and O–H groups in total. The molecule has 0 spiro atoms. The molecule has 5 nitrogen and oxygen atoms in total. The van der Waals surface area contributed by atoms with Gasteiger partial charge in [-0.15, -0.1) is 0 Å². The van der Waals surface area contributed by atoms with Crippen molar-refractivity contribution < 1.29 is 14.6 Å². The van der Waals surface area contributed by atoms with E-state index in [1.54, 1.807) is 19.1 Å². The van der Waals surface area contributed by atoms with Gasteiger partial charge in [-0.1, -0.05) is 13.3 Å². The summed E-state index contributed by atoms with van der Waals surface area (Å²) in [5.41, 5.74) is 3.95. The third-order valence-corrected chi connectivity index (χ3v) is 2.70. The highest BCUT2D eigenvalue weighted by Crippen LogP contribution is 2.26. The average Bonchev–Trinajstić information content (AvgIpc) is 2.42. The Balaban J connectivity index is 2.71. The van der Waals surface area contributed by atoms with Crippen LogP contribution in [0.2, 0.25) is 0 Å². The Bertz CT molecular complexity index is 470. The number of phenols is 1. The molecule has 0 unspecified atom stereocenters. The standard InChI is InChI=1S/C14H20N2O3/c1-4-5-6-14(18)16-15-10(2)11-7-8-12(17)13(9-11)19-3/h7-9,17H,4-6H2,1-3H3,(H,16,18)/b15-10+. The van der Waals surface area contributed by atoms with Gasteiger partial charge in [-0.3, -0.25) is 4.79 Å². The van der Waals surface area contributed by atoms with Crippen molar-refractivity contribution in [1.29, 1.82) is 0 Å². The maximum absolute atomic E-state index is 11.4. The summed E-state index contributed by atoms with van der Waals surface area (Å²) in [5, 5.41) is 13.5. The lowest BCUT2D eigenvalue weighted by Gasteiger charge is -2.06. The minimum absolute atomic E-state index is 0.0750. The van der Waals surface area contributed by atoms with Crippen LogP contribution in [0.25, 0.3) is 0 Å². The van der Waals surface area contributed by atoms with Gasteiger partial charge in [-0.25, -0.2) is 5.43 Å². The first kappa shape index (κ1) is 15.0. The van der Waals surface area contributed by atoms with E-state index in [0.717, 1.165) is 18.4 Å². The number of carbonyl (C=O) groups excluding carboxylic acids is 1. The Labute approximate surface area is 113 Å². The minimum Gasteiger partial charge on any atom is -0.504 e. The molecule has 1 aromatic carbocycles. The van der Waals surface area contributed by atoms with Gasteiger partial charge in [-0.05, 0) is 31.5 Å². The fourth-order valence-electron chi connectivity index (χ4n) is 1.51. The number of unbranched alkanes of at least 4 members (excludes halogenated alkanes) is 1. The molecular weight excluding hydrogens is 244 g/mol. The van der Waals surface area contributed by atoms with Crippen LogP contribution in [0.3, 0.4) is 0 Å². The summed E-state index contributed by atoms with van der Waals surface area (Å²) in [6.45, 7) is 3.82. The Morgan fingerprint density at radius 3 is 2.84 bits per heavy atom. The van der Waals surface area contributed by atoms with Crippen LogP contribution in [0, 0.1) is 0 Å². The zero-order valence-corrected chi connectivity index (χ0v) is 11.6. The van der Waals surface area contributed by atoms with E-state index in [9.17, 15) is 9.90 Å². The first-order valence-electron chi connectivity index (χ1n) is 6.29. The fraction of sp³-hybridized carbons (Fsp3) is 0.429. The largest absolute Gasteiger partial charge is 0.504 e.